The van der Waals surface area contributed by atoms with E-state index in [4.69, 9.17) is 0 Å². The van der Waals surface area contributed by atoms with Crippen molar-refractivity contribution in [2.75, 3.05) is 6.54 Å². The molecule has 2 N–H and O–H groups in total. The summed E-state index contributed by atoms with van der Waals surface area (Å²) in [6.45, 7) is 5.83. The monoisotopic (exact) mass is 221 g/mol. The molecule has 0 aliphatic heterocycles. The number of H-pyrrole nitrogens is 1. The van der Waals surface area contributed by atoms with Crippen molar-refractivity contribution in [3.05, 3.63) is 18.2 Å². The molecule has 90 valence electrons. The van der Waals surface area contributed by atoms with Gasteiger partial charge in [0, 0.05) is 30.9 Å². The first kappa shape index (κ1) is 11.6. The SMILES string of the molecule is CC1(C)CCCC(NCCc2cnc[nH]2)C1. The molecule has 0 bridgehead atoms. The third kappa shape index (κ3) is 3.34. The molecule has 1 aliphatic carbocycles. The van der Waals surface area contributed by atoms with Gasteiger partial charge in [-0.05, 0) is 24.7 Å². The summed E-state index contributed by atoms with van der Waals surface area (Å²) in [5.74, 6) is 0. The van der Waals surface area contributed by atoms with Crippen LogP contribution in [-0.2, 0) is 6.42 Å². The van der Waals surface area contributed by atoms with Gasteiger partial charge in [0.2, 0.25) is 0 Å². The number of aromatic amines is 1. The summed E-state index contributed by atoms with van der Waals surface area (Å²) in [4.78, 5) is 7.17. The van der Waals surface area contributed by atoms with Crippen LogP contribution in [0, 0.1) is 5.41 Å². The number of rotatable bonds is 4. The molecule has 2 rings (SSSR count). The van der Waals surface area contributed by atoms with E-state index in [0.29, 0.717) is 11.5 Å². The molecule has 3 nitrogen and oxygen atoms in total. The Morgan fingerprint density at radius 1 is 1.56 bits per heavy atom. The lowest BCUT2D eigenvalue weighted by Crippen LogP contribution is -2.38. The van der Waals surface area contributed by atoms with E-state index < -0.39 is 0 Å². The molecule has 1 heterocycles. The number of aromatic nitrogens is 2. The van der Waals surface area contributed by atoms with Gasteiger partial charge in [0.1, 0.15) is 0 Å². The van der Waals surface area contributed by atoms with Crippen molar-refractivity contribution in [1.82, 2.24) is 15.3 Å². The maximum Gasteiger partial charge on any atom is 0.0921 e. The Morgan fingerprint density at radius 2 is 2.44 bits per heavy atom. The lowest BCUT2D eigenvalue weighted by molar-refractivity contribution is 0.199. The zero-order valence-corrected chi connectivity index (χ0v) is 10.4. The van der Waals surface area contributed by atoms with E-state index in [2.05, 4.69) is 29.1 Å². The third-order valence-electron chi connectivity index (χ3n) is 3.59. The van der Waals surface area contributed by atoms with Gasteiger partial charge in [-0.2, -0.15) is 0 Å². The molecule has 0 aromatic carbocycles. The second-order valence-electron chi connectivity index (χ2n) is 5.74. The number of nitrogens with zero attached hydrogens (tertiary/aromatic N) is 1. The Kier molecular flexibility index (Phi) is 3.64. The molecule has 1 fully saturated rings. The predicted molar refractivity (Wildman–Crippen MR) is 66.3 cm³/mol. The molecule has 1 aromatic rings. The summed E-state index contributed by atoms with van der Waals surface area (Å²) >= 11 is 0. The Morgan fingerprint density at radius 3 is 3.12 bits per heavy atom. The number of imidazole rings is 1. The number of hydrogen-bond donors (Lipinski definition) is 2. The first-order chi connectivity index (χ1) is 7.66. The second kappa shape index (κ2) is 5.00. The highest BCUT2D eigenvalue weighted by molar-refractivity contribution is 4.95. The fraction of sp³-hybridized carbons (Fsp3) is 0.769. The van der Waals surface area contributed by atoms with Crippen molar-refractivity contribution < 1.29 is 0 Å². The van der Waals surface area contributed by atoms with Gasteiger partial charge in [-0.1, -0.05) is 20.3 Å². The van der Waals surface area contributed by atoms with Gasteiger partial charge in [-0.3, -0.25) is 0 Å². The minimum atomic E-state index is 0.532. The summed E-state index contributed by atoms with van der Waals surface area (Å²) in [5.41, 5.74) is 1.76. The highest BCUT2D eigenvalue weighted by Crippen LogP contribution is 2.34. The van der Waals surface area contributed by atoms with Crippen LogP contribution in [0.3, 0.4) is 0 Å². The molecule has 1 atom stereocenters. The van der Waals surface area contributed by atoms with Crippen molar-refractivity contribution in [3.8, 4) is 0 Å². The van der Waals surface area contributed by atoms with Crippen LogP contribution < -0.4 is 5.32 Å². The van der Waals surface area contributed by atoms with E-state index in [-0.39, 0.29) is 0 Å². The predicted octanol–water partition coefficient (Wildman–Crippen LogP) is 2.51. The minimum Gasteiger partial charge on any atom is -0.348 e. The van der Waals surface area contributed by atoms with Crippen LogP contribution in [0.15, 0.2) is 12.5 Å². The Bertz CT molecular complexity index is 303. The molecule has 0 spiro atoms. The zero-order valence-electron chi connectivity index (χ0n) is 10.4. The largest absolute Gasteiger partial charge is 0.348 e. The summed E-state index contributed by atoms with van der Waals surface area (Å²) < 4.78 is 0. The molecule has 1 saturated carbocycles. The smallest absolute Gasteiger partial charge is 0.0921 e. The quantitative estimate of drug-likeness (QED) is 0.820. The van der Waals surface area contributed by atoms with Crippen LogP contribution in [0.2, 0.25) is 0 Å². The summed E-state index contributed by atoms with van der Waals surface area (Å²) in [5, 5.41) is 3.67. The van der Waals surface area contributed by atoms with E-state index in [1.807, 2.05) is 6.20 Å². The van der Waals surface area contributed by atoms with Crippen molar-refractivity contribution in [1.29, 1.82) is 0 Å². The molecule has 0 amide bonds. The lowest BCUT2D eigenvalue weighted by atomic mass is 9.75. The molecule has 1 aliphatic rings. The van der Waals surface area contributed by atoms with Crippen LogP contribution >= 0.6 is 0 Å². The summed E-state index contributed by atoms with van der Waals surface area (Å²) in [6.07, 6.45) is 10.1. The standard InChI is InChI=1S/C13H23N3/c1-13(2)6-3-4-11(8-13)15-7-5-12-9-14-10-16-12/h9-11,15H,3-8H2,1-2H3,(H,14,16). The van der Waals surface area contributed by atoms with E-state index in [1.165, 1.54) is 31.4 Å². The van der Waals surface area contributed by atoms with Crippen molar-refractivity contribution in [2.45, 2.75) is 52.0 Å². The van der Waals surface area contributed by atoms with Gasteiger partial charge in [0.05, 0.1) is 6.33 Å². The molecular weight excluding hydrogens is 198 g/mol. The first-order valence-corrected chi connectivity index (χ1v) is 6.36. The second-order valence-corrected chi connectivity index (χ2v) is 5.74. The van der Waals surface area contributed by atoms with Crippen LogP contribution in [-0.4, -0.2) is 22.6 Å². The van der Waals surface area contributed by atoms with E-state index in [9.17, 15) is 0 Å². The Hall–Kier alpha value is -0.830. The van der Waals surface area contributed by atoms with Crippen LogP contribution in [0.5, 0.6) is 0 Å². The molecule has 0 saturated heterocycles. The fourth-order valence-electron chi connectivity index (χ4n) is 2.70. The maximum atomic E-state index is 4.03. The summed E-state index contributed by atoms with van der Waals surface area (Å²) in [7, 11) is 0. The molecule has 1 unspecified atom stereocenters. The van der Waals surface area contributed by atoms with Gasteiger partial charge < -0.3 is 10.3 Å². The molecule has 3 heteroatoms. The minimum absolute atomic E-state index is 0.532. The number of nitrogens with one attached hydrogen (secondary N) is 2. The van der Waals surface area contributed by atoms with Crippen molar-refractivity contribution in [2.24, 2.45) is 5.41 Å². The summed E-state index contributed by atoms with van der Waals surface area (Å²) in [6, 6.07) is 0.715. The van der Waals surface area contributed by atoms with Gasteiger partial charge >= 0.3 is 0 Å². The van der Waals surface area contributed by atoms with E-state index in [1.54, 1.807) is 6.33 Å². The van der Waals surface area contributed by atoms with E-state index >= 15 is 0 Å². The fourth-order valence-corrected chi connectivity index (χ4v) is 2.70. The highest BCUT2D eigenvalue weighted by Gasteiger charge is 2.27. The molecule has 16 heavy (non-hydrogen) atoms. The van der Waals surface area contributed by atoms with Gasteiger partial charge in [0.25, 0.3) is 0 Å². The van der Waals surface area contributed by atoms with Crippen LogP contribution in [0.1, 0.15) is 45.2 Å². The molecule has 1 aromatic heterocycles. The maximum absolute atomic E-state index is 4.03. The topological polar surface area (TPSA) is 40.7 Å². The highest BCUT2D eigenvalue weighted by atomic mass is 14.9. The number of hydrogen-bond acceptors (Lipinski definition) is 2. The van der Waals surface area contributed by atoms with Crippen molar-refractivity contribution in [3.63, 3.8) is 0 Å². The van der Waals surface area contributed by atoms with Gasteiger partial charge in [0.15, 0.2) is 0 Å². The van der Waals surface area contributed by atoms with Crippen LogP contribution in [0.4, 0.5) is 0 Å². The van der Waals surface area contributed by atoms with Gasteiger partial charge in [-0.25, -0.2) is 4.98 Å². The third-order valence-corrected chi connectivity index (χ3v) is 3.59. The average molecular weight is 221 g/mol. The van der Waals surface area contributed by atoms with E-state index in [0.717, 1.165) is 13.0 Å². The zero-order chi connectivity index (χ0) is 11.4. The average Bonchev–Trinajstić information content (AvgIpc) is 2.69. The Labute approximate surface area is 98.1 Å². The Balaban J connectivity index is 1.70. The van der Waals surface area contributed by atoms with Crippen LogP contribution in [0.25, 0.3) is 0 Å². The normalized spacial score (nSPS) is 24.5. The van der Waals surface area contributed by atoms with Crippen molar-refractivity contribution >= 4 is 0 Å². The van der Waals surface area contributed by atoms with Gasteiger partial charge in [-0.15, -0.1) is 0 Å². The molecular formula is C13H23N3. The molecule has 0 radical (unpaired) electrons. The first-order valence-electron chi connectivity index (χ1n) is 6.36. The lowest BCUT2D eigenvalue weighted by Gasteiger charge is -2.35.